The number of halogens is 2. The summed E-state index contributed by atoms with van der Waals surface area (Å²) in [5.41, 5.74) is 0.590. The first kappa shape index (κ1) is 13.5. The first-order valence-corrected chi connectivity index (χ1v) is 7.02. The molecule has 0 radical (unpaired) electrons. The van der Waals surface area contributed by atoms with Gasteiger partial charge in [0.25, 0.3) is 0 Å². The first-order chi connectivity index (χ1) is 8.56. The molecule has 1 unspecified atom stereocenters. The molecule has 1 heterocycles. The van der Waals surface area contributed by atoms with E-state index in [9.17, 15) is 9.50 Å². The zero-order valence-corrected chi connectivity index (χ0v) is 12.1. The third kappa shape index (κ3) is 3.31. The molecule has 1 N–H and O–H groups in total. The zero-order valence-electron chi connectivity index (χ0n) is 9.69. The van der Waals surface area contributed by atoms with Crippen LogP contribution in [0.1, 0.15) is 23.5 Å². The maximum Gasteiger partial charge on any atom is 0.128 e. The van der Waals surface area contributed by atoms with Crippen LogP contribution in [0.2, 0.25) is 0 Å². The second-order valence-electron chi connectivity index (χ2n) is 3.85. The average molecular weight is 331 g/mol. The normalized spacial score (nSPS) is 12.4. The van der Waals surface area contributed by atoms with Crippen LogP contribution in [0.4, 0.5) is 4.39 Å². The number of ether oxygens (including phenoxy) is 1. The Labute approximate surface area is 117 Å². The largest absolute Gasteiger partial charge is 0.488 e. The van der Waals surface area contributed by atoms with Crippen molar-refractivity contribution in [3.8, 4) is 5.75 Å². The molecular weight excluding hydrogens is 319 g/mol. The zero-order chi connectivity index (χ0) is 13.1. The van der Waals surface area contributed by atoms with Crippen LogP contribution in [-0.4, -0.2) is 5.11 Å². The van der Waals surface area contributed by atoms with Crippen molar-refractivity contribution in [1.82, 2.24) is 0 Å². The highest BCUT2D eigenvalue weighted by Crippen LogP contribution is 2.28. The van der Waals surface area contributed by atoms with E-state index in [2.05, 4.69) is 15.9 Å². The molecule has 18 heavy (non-hydrogen) atoms. The molecule has 0 bridgehead atoms. The van der Waals surface area contributed by atoms with Crippen LogP contribution >= 0.6 is 27.3 Å². The topological polar surface area (TPSA) is 29.5 Å². The highest BCUT2D eigenvalue weighted by molar-refractivity contribution is 9.11. The number of hydrogen-bond donors (Lipinski definition) is 1. The van der Waals surface area contributed by atoms with Gasteiger partial charge in [-0.3, -0.25) is 0 Å². The standard InChI is InChI=1S/C13H12BrFO2S/c1-8(16)11-4-2-9(15)6-12(11)17-7-10-3-5-13(14)18-10/h2-6,8,16H,7H2,1H3. The van der Waals surface area contributed by atoms with Gasteiger partial charge in [-0.15, -0.1) is 11.3 Å². The molecule has 0 spiro atoms. The number of aliphatic hydroxyl groups excluding tert-OH is 1. The minimum atomic E-state index is -0.685. The van der Waals surface area contributed by atoms with Gasteiger partial charge in [-0.05, 0) is 47.1 Å². The molecule has 2 aromatic rings. The minimum absolute atomic E-state index is 0.361. The number of hydrogen-bond acceptors (Lipinski definition) is 3. The van der Waals surface area contributed by atoms with E-state index >= 15 is 0 Å². The Kier molecular flexibility index (Phi) is 4.37. The molecule has 0 saturated carbocycles. The van der Waals surface area contributed by atoms with Crippen molar-refractivity contribution in [3.63, 3.8) is 0 Å². The molecule has 5 heteroatoms. The Balaban J connectivity index is 2.15. The lowest BCUT2D eigenvalue weighted by atomic mass is 10.1. The number of aliphatic hydroxyl groups is 1. The highest BCUT2D eigenvalue weighted by atomic mass is 79.9. The maximum absolute atomic E-state index is 13.2. The van der Waals surface area contributed by atoms with Gasteiger partial charge in [-0.2, -0.15) is 0 Å². The number of thiophene rings is 1. The lowest BCUT2D eigenvalue weighted by molar-refractivity contribution is 0.190. The van der Waals surface area contributed by atoms with Gasteiger partial charge in [0.05, 0.1) is 9.89 Å². The second kappa shape index (κ2) is 5.82. The van der Waals surface area contributed by atoms with Gasteiger partial charge in [-0.25, -0.2) is 4.39 Å². The Morgan fingerprint density at radius 1 is 1.39 bits per heavy atom. The third-order valence-corrected chi connectivity index (χ3v) is 4.02. The summed E-state index contributed by atoms with van der Waals surface area (Å²) in [5.74, 6) is 0.0104. The fourth-order valence-corrected chi connectivity index (χ4v) is 2.95. The lowest BCUT2D eigenvalue weighted by Crippen LogP contribution is -2.00. The van der Waals surface area contributed by atoms with E-state index in [4.69, 9.17) is 4.74 Å². The third-order valence-electron chi connectivity index (χ3n) is 2.42. The number of benzene rings is 1. The van der Waals surface area contributed by atoms with Crippen LogP contribution in [-0.2, 0) is 6.61 Å². The molecule has 0 amide bonds. The van der Waals surface area contributed by atoms with Crippen molar-refractivity contribution in [3.05, 3.63) is 50.4 Å². The van der Waals surface area contributed by atoms with E-state index in [1.807, 2.05) is 12.1 Å². The van der Waals surface area contributed by atoms with Gasteiger partial charge in [0, 0.05) is 16.5 Å². The molecule has 0 aliphatic rings. The summed E-state index contributed by atoms with van der Waals surface area (Å²) in [6.07, 6.45) is -0.685. The van der Waals surface area contributed by atoms with Crippen molar-refractivity contribution in [1.29, 1.82) is 0 Å². The smallest absolute Gasteiger partial charge is 0.128 e. The van der Waals surface area contributed by atoms with Crippen molar-refractivity contribution >= 4 is 27.3 Å². The molecule has 1 aromatic carbocycles. The molecule has 1 aromatic heterocycles. The summed E-state index contributed by atoms with van der Waals surface area (Å²) in [4.78, 5) is 1.03. The summed E-state index contributed by atoms with van der Waals surface area (Å²) in [6, 6.07) is 8.03. The molecule has 0 aliphatic carbocycles. The first-order valence-electron chi connectivity index (χ1n) is 5.41. The quantitative estimate of drug-likeness (QED) is 0.906. The Morgan fingerprint density at radius 3 is 2.78 bits per heavy atom. The fraction of sp³-hybridized carbons (Fsp3) is 0.231. The van der Waals surface area contributed by atoms with Crippen LogP contribution in [0, 0.1) is 5.82 Å². The van der Waals surface area contributed by atoms with Crippen LogP contribution < -0.4 is 4.74 Å². The van der Waals surface area contributed by atoms with Crippen LogP contribution in [0.3, 0.4) is 0 Å². The van der Waals surface area contributed by atoms with Gasteiger partial charge in [0.15, 0.2) is 0 Å². The average Bonchev–Trinajstić information content (AvgIpc) is 2.72. The second-order valence-corrected chi connectivity index (χ2v) is 6.40. The van der Waals surface area contributed by atoms with Crippen LogP contribution in [0.15, 0.2) is 34.1 Å². The van der Waals surface area contributed by atoms with E-state index in [-0.39, 0.29) is 5.82 Å². The Bertz CT molecular complexity index is 540. The van der Waals surface area contributed by atoms with Gasteiger partial charge >= 0.3 is 0 Å². The molecule has 2 rings (SSSR count). The van der Waals surface area contributed by atoms with E-state index in [0.717, 1.165) is 8.66 Å². The highest BCUT2D eigenvalue weighted by Gasteiger charge is 2.11. The van der Waals surface area contributed by atoms with Crippen LogP contribution in [0.5, 0.6) is 5.75 Å². The summed E-state index contributed by atoms with van der Waals surface area (Å²) < 4.78 is 19.8. The van der Waals surface area contributed by atoms with Crippen molar-refractivity contribution in [2.45, 2.75) is 19.6 Å². The lowest BCUT2D eigenvalue weighted by Gasteiger charge is -2.12. The van der Waals surface area contributed by atoms with E-state index in [1.165, 1.54) is 12.1 Å². The molecule has 0 aliphatic heterocycles. The van der Waals surface area contributed by atoms with Gasteiger partial charge in [0.1, 0.15) is 18.2 Å². The Morgan fingerprint density at radius 2 is 2.17 bits per heavy atom. The molecular formula is C13H12BrFO2S. The monoisotopic (exact) mass is 330 g/mol. The summed E-state index contributed by atoms with van der Waals surface area (Å²) in [7, 11) is 0. The van der Waals surface area contributed by atoms with Crippen molar-refractivity contribution in [2.24, 2.45) is 0 Å². The Hall–Kier alpha value is -0.910. The van der Waals surface area contributed by atoms with E-state index < -0.39 is 6.10 Å². The molecule has 96 valence electrons. The number of rotatable bonds is 4. The summed E-state index contributed by atoms with van der Waals surface area (Å²) in [5, 5.41) is 9.59. The van der Waals surface area contributed by atoms with Gasteiger partial charge in [-0.1, -0.05) is 0 Å². The van der Waals surface area contributed by atoms with E-state index in [0.29, 0.717) is 17.9 Å². The van der Waals surface area contributed by atoms with Crippen molar-refractivity contribution in [2.75, 3.05) is 0 Å². The molecule has 0 fully saturated rings. The van der Waals surface area contributed by atoms with Gasteiger partial charge < -0.3 is 9.84 Å². The minimum Gasteiger partial charge on any atom is -0.488 e. The maximum atomic E-state index is 13.2. The summed E-state index contributed by atoms with van der Waals surface area (Å²) in [6.45, 7) is 1.99. The van der Waals surface area contributed by atoms with Crippen LogP contribution in [0.25, 0.3) is 0 Å². The van der Waals surface area contributed by atoms with Crippen molar-refractivity contribution < 1.29 is 14.2 Å². The molecule has 2 nitrogen and oxygen atoms in total. The molecule has 1 atom stereocenters. The SMILES string of the molecule is CC(O)c1ccc(F)cc1OCc1ccc(Br)s1. The predicted octanol–water partition coefficient (Wildman–Crippen LogP) is 4.28. The summed E-state index contributed by atoms with van der Waals surface area (Å²) >= 11 is 4.93. The van der Waals surface area contributed by atoms with E-state index in [1.54, 1.807) is 24.3 Å². The fourth-order valence-electron chi connectivity index (χ4n) is 1.56. The molecule has 0 saturated heterocycles. The predicted molar refractivity (Wildman–Crippen MR) is 73.4 cm³/mol. The van der Waals surface area contributed by atoms with Gasteiger partial charge in [0.2, 0.25) is 0 Å².